The van der Waals surface area contributed by atoms with Crippen LogP contribution in [0.15, 0.2) is 39.4 Å². The van der Waals surface area contributed by atoms with Gasteiger partial charge >= 0.3 is 0 Å². The molecular weight excluding hydrogens is 261 g/mol. The van der Waals surface area contributed by atoms with Gasteiger partial charge in [0.25, 0.3) is 0 Å². The molecule has 78 valence electrons. The van der Waals surface area contributed by atoms with Crippen molar-refractivity contribution in [3.8, 4) is 11.3 Å². The number of hydrogen-bond donors (Lipinski definition) is 1. The number of hydrogen-bond acceptors (Lipinski definition) is 2. The van der Waals surface area contributed by atoms with Crippen LogP contribution >= 0.6 is 15.9 Å². The van der Waals surface area contributed by atoms with Gasteiger partial charge in [-0.3, -0.25) is 0 Å². The lowest BCUT2D eigenvalue weighted by Crippen LogP contribution is -1.99. The maximum Gasteiger partial charge on any atom is 0.148 e. The summed E-state index contributed by atoms with van der Waals surface area (Å²) in [5, 5.41) is 0. The first-order valence-electron chi connectivity index (χ1n) is 4.44. The lowest BCUT2D eigenvalue weighted by molar-refractivity contribution is 0.577. The minimum Gasteiger partial charge on any atom is -0.463 e. The molecule has 0 radical (unpaired) electrons. The van der Waals surface area contributed by atoms with Crippen molar-refractivity contribution >= 4 is 15.9 Å². The summed E-state index contributed by atoms with van der Waals surface area (Å²) in [5.41, 5.74) is 6.57. The number of rotatable bonds is 2. The highest BCUT2D eigenvalue weighted by Crippen LogP contribution is 2.30. The van der Waals surface area contributed by atoms with Gasteiger partial charge in [0.15, 0.2) is 0 Å². The van der Waals surface area contributed by atoms with Crippen LogP contribution in [0.25, 0.3) is 11.3 Å². The summed E-state index contributed by atoms with van der Waals surface area (Å²) in [7, 11) is 0. The number of benzene rings is 1. The lowest BCUT2D eigenvalue weighted by atomic mass is 10.1. The molecule has 1 heterocycles. The SMILES string of the molecule is NCc1ccc(-c2occc2Br)cc1F. The molecule has 0 bridgehead atoms. The third-order valence-electron chi connectivity index (χ3n) is 2.15. The fourth-order valence-corrected chi connectivity index (χ4v) is 1.78. The zero-order valence-corrected chi connectivity index (χ0v) is 9.42. The molecular formula is C11H9BrFNO. The number of furan rings is 1. The second kappa shape index (κ2) is 4.16. The van der Waals surface area contributed by atoms with Crippen LogP contribution in [0, 0.1) is 5.82 Å². The molecule has 0 amide bonds. The Bertz CT molecular complexity index is 481. The van der Waals surface area contributed by atoms with Crippen LogP contribution in [0.2, 0.25) is 0 Å². The highest BCUT2D eigenvalue weighted by molar-refractivity contribution is 9.10. The van der Waals surface area contributed by atoms with Crippen molar-refractivity contribution in [1.82, 2.24) is 0 Å². The largest absolute Gasteiger partial charge is 0.463 e. The summed E-state index contributed by atoms with van der Waals surface area (Å²) in [6.45, 7) is 0.200. The van der Waals surface area contributed by atoms with E-state index in [4.69, 9.17) is 10.2 Å². The van der Waals surface area contributed by atoms with Gasteiger partial charge in [0.2, 0.25) is 0 Å². The standard InChI is InChI=1S/C11H9BrFNO/c12-9-3-4-15-11(9)7-1-2-8(6-14)10(13)5-7/h1-5H,6,14H2. The van der Waals surface area contributed by atoms with Crippen LogP contribution in [0.1, 0.15) is 5.56 Å². The minimum atomic E-state index is -0.307. The van der Waals surface area contributed by atoms with Crippen LogP contribution in [0.5, 0.6) is 0 Å². The maximum atomic E-state index is 13.4. The number of halogens is 2. The average molecular weight is 270 g/mol. The Balaban J connectivity index is 2.47. The van der Waals surface area contributed by atoms with Gasteiger partial charge < -0.3 is 10.2 Å². The van der Waals surface area contributed by atoms with Crippen LogP contribution in [-0.2, 0) is 6.54 Å². The molecule has 0 atom stereocenters. The van der Waals surface area contributed by atoms with E-state index in [1.807, 2.05) is 0 Å². The molecule has 0 saturated heterocycles. The molecule has 2 N–H and O–H groups in total. The molecule has 0 saturated carbocycles. The van der Waals surface area contributed by atoms with Gasteiger partial charge in [0.05, 0.1) is 10.7 Å². The molecule has 4 heteroatoms. The van der Waals surface area contributed by atoms with Crippen molar-refractivity contribution in [2.75, 3.05) is 0 Å². The third kappa shape index (κ3) is 1.96. The zero-order valence-electron chi connectivity index (χ0n) is 7.84. The van der Waals surface area contributed by atoms with E-state index in [0.29, 0.717) is 16.9 Å². The fraction of sp³-hybridized carbons (Fsp3) is 0.0909. The second-order valence-electron chi connectivity index (χ2n) is 3.11. The Morgan fingerprint density at radius 3 is 2.67 bits per heavy atom. The molecule has 0 aliphatic heterocycles. The lowest BCUT2D eigenvalue weighted by Gasteiger charge is -2.02. The van der Waals surface area contributed by atoms with E-state index in [1.165, 1.54) is 6.07 Å². The Labute approximate surface area is 95.0 Å². The highest BCUT2D eigenvalue weighted by Gasteiger charge is 2.09. The zero-order chi connectivity index (χ0) is 10.8. The molecule has 2 aromatic rings. The molecule has 0 aliphatic carbocycles. The predicted molar refractivity (Wildman–Crippen MR) is 59.7 cm³/mol. The summed E-state index contributed by atoms with van der Waals surface area (Å²) in [6, 6.07) is 6.64. The summed E-state index contributed by atoms with van der Waals surface area (Å²) < 4.78 is 19.5. The third-order valence-corrected chi connectivity index (χ3v) is 2.78. The minimum absolute atomic E-state index is 0.200. The molecule has 0 aliphatic rings. The van der Waals surface area contributed by atoms with Crippen molar-refractivity contribution in [3.05, 3.63) is 46.4 Å². The van der Waals surface area contributed by atoms with E-state index < -0.39 is 0 Å². The van der Waals surface area contributed by atoms with E-state index in [0.717, 1.165) is 4.47 Å². The molecule has 1 aromatic heterocycles. The van der Waals surface area contributed by atoms with E-state index in [-0.39, 0.29) is 12.4 Å². The fourth-order valence-electron chi connectivity index (χ4n) is 1.35. The first-order chi connectivity index (χ1) is 7.22. The summed E-state index contributed by atoms with van der Waals surface area (Å²) in [6.07, 6.45) is 1.55. The van der Waals surface area contributed by atoms with Crippen LogP contribution in [0.4, 0.5) is 4.39 Å². The van der Waals surface area contributed by atoms with Crippen LogP contribution in [-0.4, -0.2) is 0 Å². The van der Waals surface area contributed by atoms with Gasteiger partial charge in [-0.1, -0.05) is 12.1 Å². The predicted octanol–water partition coefficient (Wildman–Crippen LogP) is 3.31. The topological polar surface area (TPSA) is 39.2 Å². The molecule has 0 unspecified atom stereocenters. The highest BCUT2D eigenvalue weighted by atomic mass is 79.9. The van der Waals surface area contributed by atoms with E-state index in [2.05, 4.69) is 15.9 Å². The van der Waals surface area contributed by atoms with Crippen molar-refractivity contribution in [3.63, 3.8) is 0 Å². The van der Waals surface area contributed by atoms with Gasteiger partial charge in [0.1, 0.15) is 11.6 Å². The normalized spacial score (nSPS) is 10.6. The van der Waals surface area contributed by atoms with Gasteiger partial charge in [-0.05, 0) is 28.1 Å². The molecule has 15 heavy (non-hydrogen) atoms. The molecule has 2 nitrogen and oxygen atoms in total. The van der Waals surface area contributed by atoms with Gasteiger partial charge in [-0.25, -0.2) is 4.39 Å². The van der Waals surface area contributed by atoms with E-state index in [1.54, 1.807) is 24.5 Å². The Kier molecular flexibility index (Phi) is 2.88. The van der Waals surface area contributed by atoms with Gasteiger partial charge in [0, 0.05) is 17.7 Å². The van der Waals surface area contributed by atoms with Crippen molar-refractivity contribution in [1.29, 1.82) is 0 Å². The summed E-state index contributed by atoms with van der Waals surface area (Å²) in [5.74, 6) is 0.316. The summed E-state index contributed by atoms with van der Waals surface area (Å²) in [4.78, 5) is 0. The number of nitrogens with two attached hydrogens (primary N) is 1. The quantitative estimate of drug-likeness (QED) is 0.909. The first-order valence-corrected chi connectivity index (χ1v) is 5.23. The van der Waals surface area contributed by atoms with Crippen LogP contribution < -0.4 is 5.73 Å². The summed E-state index contributed by atoms with van der Waals surface area (Å²) >= 11 is 3.32. The van der Waals surface area contributed by atoms with E-state index in [9.17, 15) is 4.39 Å². The van der Waals surface area contributed by atoms with Crippen molar-refractivity contribution in [2.24, 2.45) is 5.73 Å². The smallest absolute Gasteiger partial charge is 0.148 e. The monoisotopic (exact) mass is 269 g/mol. The molecule has 1 aromatic carbocycles. The Morgan fingerprint density at radius 2 is 2.13 bits per heavy atom. The van der Waals surface area contributed by atoms with Crippen LogP contribution in [0.3, 0.4) is 0 Å². The van der Waals surface area contributed by atoms with Crippen molar-refractivity contribution in [2.45, 2.75) is 6.54 Å². The molecule has 0 fully saturated rings. The van der Waals surface area contributed by atoms with Gasteiger partial charge in [-0.15, -0.1) is 0 Å². The first kappa shape index (κ1) is 10.4. The molecule has 2 rings (SSSR count). The van der Waals surface area contributed by atoms with Crippen molar-refractivity contribution < 1.29 is 8.81 Å². The second-order valence-corrected chi connectivity index (χ2v) is 3.96. The Morgan fingerprint density at radius 1 is 1.33 bits per heavy atom. The average Bonchev–Trinajstić information content (AvgIpc) is 2.64. The van der Waals surface area contributed by atoms with Gasteiger partial charge in [-0.2, -0.15) is 0 Å². The molecule has 0 spiro atoms. The maximum absolute atomic E-state index is 13.4. The van der Waals surface area contributed by atoms with E-state index >= 15 is 0 Å². The Hall–Kier alpha value is -1.13.